The number of rotatable bonds is 4. The first-order valence-corrected chi connectivity index (χ1v) is 18.0. The summed E-state index contributed by atoms with van der Waals surface area (Å²) >= 11 is 1.84. The molecule has 6 aromatic carbocycles. The normalized spacial score (nSPS) is 15.2. The van der Waals surface area contributed by atoms with Crippen molar-refractivity contribution in [2.45, 2.75) is 12.5 Å². The van der Waals surface area contributed by atoms with Crippen LogP contribution in [0, 0.1) is 0 Å². The lowest BCUT2D eigenvalue weighted by atomic mass is 9.91. The molecule has 51 heavy (non-hydrogen) atoms. The van der Waals surface area contributed by atoms with Crippen molar-refractivity contribution in [3.63, 3.8) is 0 Å². The highest BCUT2D eigenvalue weighted by Gasteiger charge is 2.33. The lowest BCUT2D eigenvalue weighted by molar-refractivity contribution is 0.280. The van der Waals surface area contributed by atoms with E-state index >= 15 is 0 Å². The Morgan fingerprint density at radius 1 is 0.569 bits per heavy atom. The fraction of sp³-hybridized carbons (Fsp3) is 0.0444. The average Bonchev–Trinajstić information content (AvgIpc) is 3.87. The molecule has 2 aliphatic rings. The number of thiophene rings is 1. The van der Waals surface area contributed by atoms with Crippen molar-refractivity contribution in [3.8, 4) is 34.2 Å². The summed E-state index contributed by atoms with van der Waals surface area (Å²) in [5.41, 5.74) is 8.59. The molecule has 5 nitrogen and oxygen atoms in total. The summed E-state index contributed by atoms with van der Waals surface area (Å²) in [6, 6.07) is 49.0. The zero-order valence-corrected chi connectivity index (χ0v) is 28.1. The van der Waals surface area contributed by atoms with E-state index < -0.39 is 0 Å². The minimum Gasteiger partial charge on any atom is -0.484 e. The molecule has 0 fully saturated rings. The summed E-state index contributed by atoms with van der Waals surface area (Å²) in [7, 11) is 0. The van der Waals surface area contributed by atoms with Gasteiger partial charge in [-0.05, 0) is 42.0 Å². The standard InChI is InChI=1S/C45H28N4OS/c1-2-11-27(12-3-1)43-46-44(48-45(47-43)49-37-18-7-4-13-31(37)32-14-5-8-19-38(32)49)29-21-23-39-35(26-29)34-17-10-16-30(42(34)50-39)28-22-24-41-36(25-28)33-15-6-9-20-40(33)51-41/h1-22,24-26,39H,23H2. The first-order valence-electron chi connectivity index (χ1n) is 17.2. The van der Waals surface area contributed by atoms with Crippen molar-refractivity contribution in [2.75, 3.05) is 0 Å². The van der Waals surface area contributed by atoms with Crippen LogP contribution < -0.4 is 4.74 Å². The van der Waals surface area contributed by atoms with Crippen molar-refractivity contribution < 1.29 is 4.74 Å². The first kappa shape index (κ1) is 28.5. The van der Waals surface area contributed by atoms with Crippen LogP contribution in [-0.4, -0.2) is 25.6 Å². The Balaban J connectivity index is 1.05. The lowest BCUT2D eigenvalue weighted by Gasteiger charge is -2.17. The van der Waals surface area contributed by atoms with Crippen molar-refractivity contribution in [1.82, 2.24) is 19.5 Å². The number of benzene rings is 6. The molecule has 240 valence electrons. The molecule has 4 heterocycles. The number of ether oxygens (including phenoxy) is 1. The molecule has 0 saturated heterocycles. The van der Waals surface area contributed by atoms with Gasteiger partial charge >= 0.3 is 0 Å². The largest absolute Gasteiger partial charge is 0.484 e. The topological polar surface area (TPSA) is 52.8 Å². The summed E-state index contributed by atoms with van der Waals surface area (Å²) in [5, 5.41) is 4.91. The number of aromatic nitrogens is 4. The Labute approximate surface area is 297 Å². The van der Waals surface area contributed by atoms with Gasteiger partial charge in [0.2, 0.25) is 5.95 Å². The fourth-order valence-corrected chi connectivity index (χ4v) is 8.89. The number of nitrogens with zero attached hydrogens (tertiary/aromatic N) is 4. The predicted molar refractivity (Wildman–Crippen MR) is 209 cm³/mol. The fourth-order valence-electron chi connectivity index (χ4n) is 7.80. The van der Waals surface area contributed by atoms with E-state index in [1.807, 2.05) is 29.5 Å². The Kier molecular flexibility index (Phi) is 6.18. The molecule has 1 aliphatic carbocycles. The molecule has 0 amide bonds. The van der Waals surface area contributed by atoms with Crippen LogP contribution in [0.1, 0.15) is 17.8 Å². The minimum absolute atomic E-state index is 0.0668. The van der Waals surface area contributed by atoms with Gasteiger partial charge in [0.25, 0.3) is 0 Å². The molecule has 3 aromatic heterocycles. The molecule has 0 spiro atoms. The van der Waals surface area contributed by atoms with Crippen LogP contribution in [0.2, 0.25) is 0 Å². The maximum absolute atomic E-state index is 6.77. The van der Waals surface area contributed by atoms with E-state index in [2.05, 4.69) is 138 Å². The number of allylic oxidation sites excluding steroid dienone is 2. The molecule has 1 atom stereocenters. The summed E-state index contributed by atoms with van der Waals surface area (Å²) in [4.78, 5) is 15.4. The van der Waals surface area contributed by atoms with Crippen LogP contribution in [0.5, 0.6) is 5.75 Å². The molecule has 1 aliphatic heterocycles. The zero-order chi connectivity index (χ0) is 33.5. The molecule has 0 saturated carbocycles. The molecule has 0 N–H and O–H groups in total. The number of hydrogen-bond donors (Lipinski definition) is 0. The minimum atomic E-state index is -0.0668. The average molecular weight is 673 g/mol. The third-order valence-electron chi connectivity index (χ3n) is 10.2. The van der Waals surface area contributed by atoms with Gasteiger partial charge in [0.05, 0.1) is 11.0 Å². The van der Waals surface area contributed by atoms with E-state index in [1.165, 1.54) is 30.9 Å². The van der Waals surface area contributed by atoms with Crippen molar-refractivity contribution in [3.05, 3.63) is 163 Å². The van der Waals surface area contributed by atoms with Gasteiger partial charge in [-0.3, -0.25) is 4.57 Å². The highest BCUT2D eigenvalue weighted by atomic mass is 32.1. The summed E-state index contributed by atoms with van der Waals surface area (Å²) in [6.45, 7) is 0. The Morgan fingerprint density at radius 3 is 2.08 bits per heavy atom. The molecule has 0 bridgehead atoms. The monoisotopic (exact) mass is 672 g/mol. The van der Waals surface area contributed by atoms with Gasteiger partial charge in [0, 0.05) is 65.2 Å². The van der Waals surface area contributed by atoms with Gasteiger partial charge in [-0.25, -0.2) is 4.98 Å². The molecular weight excluding hydrogens is 645 g/mol. The van der Waals surface area contributed by atoms with E-state index in [-0.39, 0.29) is 6.10 Å². The SMILES string of the molecule is C1=C(c2nc(-c3ccccc3)nc(-n3c4ccccc4c4ccccc43)n2)C=C2c3cccc(-c4ccc5sc6ccccc6c5c4)c3OC2C1. The van der Waals surface area contributed by atoms with Crippen LogP contribution in [0.4, 0.5) is 0 Å². The number of fused-ring (bicyclic) bond motifs is 9. The quantitative estimate of drug-likeness (QED) is 0.187. The second-order valence-corrected chi connectivity index (χ2v) is 14.2. The molecule has 9 aromatic rings. The number of hydrogen-bond acceptors (Lipinski definition) is 5. The highest BCUT2D eigenvalue weighted by Crippen LogP contribution is 2.48. The predicted octanol–water partition coefficient (Wildman–Crippen LogP) is 11.3. The van der Waals surface area contributed by atoms with E-state index in [0.29, 0.717) is 17.6 Å². The second-order valence-electron chi connectivity index (χ2n) is 13.1. The van der Waals surface area contributed by atoms with E-state index in [1.54, 1.807) is 0 Å². The smallest absolute Gasteiger partial charge is 0.238 e. The van der Waals surface area contributed by atoms with Crippen LogP contribution in [0.25, 0.3) is 81.6 Å². The number of para-hydroxylation sites is 3. The first-order chi connectivity index (χ1) is 25.3. The van der Waals surface area contributed by atoms with Gasteiger partial charge in [-0.1, -0.05) is 115 Å². The maximum Gasteiger partial charge on any atom is 0.238 e. The summed E-state index contributed by atoms with van der Waals surface area (Å²) in [6.07, 6.45) is 5.09. The van der Waals surface area contributed by atoms with Crippen molar-refractivity contribution in [1.29, 1.82) is 0 Å². The van der Waals surface area contributed by atoms with Gasteiger partial charge in [0.1, 0.15) is 11.9 Å². The van der Waals surface area contributed by atoms with Crippen LogP contribution in [0.15, 0.2) is 152 Å². The summed E-state index contributed by atoms with van der Waals surface area (Å²) < 4.78 is 11.5. The Hall–Kier alpha value is -6.37. The van der Waals surface area contributed by atoms with Gasteiger partial charge in [0.15, 0.2) is 11.6 Å². The Bertz CT molecular complexity index is 2880. The van der Waals surface area contributed by atoms with Gasteiger partial charge < -0.3 is 4.74 Å². The van der Waals surface area contributed by atoms with Crippen molar-refractivity contribution >= 4 is 64.5 Å². The molecular formula is C45H28N4OS. The van der Waals surface area contributed by atoms with Gasteiger partial charge in [-0.2, -0.15) is 9.97 Å². The third kappa shape index (κ3) is 4.43. The van der Waals surface area contributed by atoms with E-state index in [9.17, 15) is 0 Å². The Morgan fingerprint density at radius 2 is 1.25 bits per heavy atom. The van der Waals surface area contributed by atoms with Crippen molar-refractivity contribution in [2.24, 2.45) is 0 Å². The highest BCUT2D eigenvalue weighted by molar-refractivity contribution is 7.25. The molecule has 6 heteroatoms. The third-order valence-corrected chi connectivity index (χ3v) is 11.3. The van der Waals surface area contributed by atoms with Crippen LogP contribution >= 0.6 is 11.3 Å². The van der Waals surface area contributed by atoms with Gasteiger partial charge in [-0.15, -0.1) is 11.3 Å². The van der Waals surface area contributed by atoms with Crippen LogP contribution in [-0.2, 0) is 0 Å². The van der Waals surface area contributed by atoms with E-state index in [4.69, 9.17) is 19.7 Å². The second kappa shape index (κ2) is 11.1. The molecule has 1 unspecified atom stereocenters. The molecule has 11 rings (SSSR count). The van der Waals surface area contributed by atoms with E-state index in [0.717, 1.165) is 56.6 Å². The van der Waals surface area contributed by atoms with Crippen LogP contribution in [0.3, 0.4) is 0 Å². The zero-order valence-electron chi connectivity index (χ0n) is 27.3. The molecule has 0 radical (unpaired) electrons. The lowest BCUT2D eigenvalue weighted by Crippen LogP contribution is -2.15. The summed E-state index contributed by atoms with van der Waals surface area (Å²) in [5.74, 6) is 2.82. The maximum atomic E-state index is 6.77.